The van der Waals surface area contributed by atoms with Gasteiger partial charge in [0.1, 0.15) is 0 Å². The van der Waals surface area contributed by atoms with Crippen LogP contribution >= 0.6 is 0 Å². The molecule has 3 heteroatoms. The summed E-state index contributed by atoms with van der Waals surface area (Å²) in [6.07, 6.45) is 9.89. The third-order valence-corrected chi connectivity index (χ3v) is 5.31. The van der Waals surface area contributed by atoms with E-state index in [-0.39, 0.29) is 0 Å². The van der Waals surface area contributed by atoms with Crippen LogP contribution in [0.2, 0.25) is 0 Å². The van der Waals surface area contributed by atoms with E-state index >= 15 is 0 Å². The van der Waals surface area contributed by atoms with Crippen molar-refractivity contribution in [2.45, 2.75) is 63.1 Å². The number of nitrogens with zero attached hydrogens (tertiary/aromatic N) is 2. The van der Waals surface area contributed by atoms with Gasteiger partial charge in [-0.05, 0) is 52.2 Å². The molecule has 0 radical (unpaired) electrons. The van der Waals surface area contributed by atoms with E-state index < -0.39 is 0 Å². The first-order chi connectivity index (χ1) is 8.84. The second-order valence-corrected chi connectivity index (χ2v) is 6.54. The lowest BCUT2D eigenvalue weighted by Gasteiger charge is -2.38. The fourth-order valence-electron chi connectivity index (χ4n) is 4.30. The van der Waals surface area contributed by atoms with Gasteiger partial charge in [0.2, 0.25) is 0 Å². The molecule has 0 aliphatic carbocycles. The van der Waals surface area contributed by atoms with Crippen molar-refractivity contribution in [1.29, 1.82) is 0 Å². The summed E-state index contributed by atoms with van der Waals surface area (Å²) in [6, 6.07) is 2.45. The summed E-state index contributed by atoms with van der Waals surface area (Å²) in [5.41, 5.74) is 0. The fourth-order valence-corrected chi connectivity index (χ4v) is 4.30. The van der Waals surface area contributed by atoms with Crippen LogP contribution in [0.25, 0.3) is 0 Å². The van der Waals surface area contributed by atoms with E-state index in [4.69, 9.17) is 0 Å². The maximum atomic E-state index is 3.69. The largest absolute Gasteiger partial charge is 0.313 e. The van der Waals surface area contributed by atoms with E-state index in [1.54, 1.807) is 0 Å². The number of hydrogen-bond acceptors (Lipinski definition) is 3. The first-order valence-corrected chi connectivity index (χ1v) is 8.02. The molecule has 0 amide bonds. The van der Waals surface area contributed by atoms with Gasteiger partial charge < -0.3 is 10.2 Å². The van der Waals surface area contributed by atoms with Gasteiger partial charge in [0.15, 0.2) is 0 Å². The Morgan fingerprint density at radius 1 is 1.06 bits per heavy atom. The Morgan fingerprint density at radius 3 is 2.78 bits per heavy atom. The third kappa shape index (κ3) is 2.73. The predicted molar refractivity (Wildman–Crippen MR) is 75.9 cm³/mol. The van der Waals surface area contributed by atoms with E-state index in [9.17, 15) is 0 Å². The van der Waals surface area contributed by atoms with Crippen molar-refractivity contribution in [1.82, 2.24) is 15.1 Å². The average Bonchev–Trinajstić information content (AvgIpc) is 2.84. The van der Waals surface area contributed by atoms with Gasteiger partial charge in [-0.15, -0.1) is 0 Å². The van der Waals surface area contributed by atoms with Gasteiger partial charge in [-0.3, -0.25) is 4.90 Å². The predicted octanol–water partition coefficient (Wildman–Crippen LogP) is 1.69. The lowest BCUT2D eigenvalue weighted by molar-refractivity contribution is 0.121. The third-order valence-electron chi connectivity index (χ3n) is 5.31. The second-order valence-electron chi connectivity index (χ2n) is 6.54. The summed E-state index contributed by atoms with van der Waals surface area (Å²) in [6.45, 7) is 5.20. The molecule has 3 saturated heterocycles. The van der Waals surface area contributed by atoms with Crippen LogP contribution in [0.3, 0.4) is 0 Å². The van der Waals surface area contributed by atoms with Crippen LogP contribution < -0.4 is 5.32 Å². The van der Waals surface area contributed by atoms with Crippen LogP contribution in [0, 0.1) is 0 Å². The highest BCUT2D eigenvalue weighted by Crippen LogP contribution is 2.30. The summed E-state index contributed by atoms with van der Waals surface area (Å²) in [5.74, 6) is 0. The maximum Gasteiger partial charge on any atom is 0.0261 e. The standard InChI is InChI=1S/C15H29N3/c1-17(12-13-6-2-4-9-16-13)14-8-11-18-10-5-3-7-15(14)18/h13-16H,2-12H2,1H3. The average molecular weight is 251 g/mol. The first-order valence-electron chi connectivity index (χ1n) is 8.02. The normalized spacial score (nSPS) is 38.0. The van der Waals surface area contributed by atoms with Crippen molar-refractivity contribution in [2.75, 3.05) is 33.2 Å². The van der Waals surface area contributed by atoms with Crippen LogP contribution in [0.4, 0.5) is 0 Å². The highest BCUT2D eigenvalue weighted by Gasteiger charge is 2.37. The molecule has 0 bridgehead atoms. The van der Waals surface area contributed by atoms with Gasteiger partial charge in [0.25, 0.3) is 0 Å². The van der Waals surface area contributed by atoms with E-state index in [1.807, 2.05) is 0 Å². The first kappa shape index (κ1) is 12.9. The molecule has 3 nitrogen and oxygen atoms in total. The van der Waals surface area contributed by atoms with E-state index in [0.29, 0.717) is 0 Å². The molecular weight excluding hydrogens is 222 g/mol. The summed E-state index contributed by atoms with van der Waals surface area (Å²) in [4.78, 5) is 5.41. The monoisotopic (exact) mass is 251 g/mol. The van der Waals surface area contributed by atoms with Crippen molar-refractivity contribution in [3.05, 3.63) is 0 Å². The Balaban J connectivity index is 1.53. The number of piperidine rings is 2. The highest BCUT2D eigenvalue weighted by atomic mass is 15.3. The van der Waals surface area contributed by atoms with Gasteiger partial charge in [-0.25, -0.2) is 0 Å². The summed E-state index contributed by atoms with van der Waals surface area (Å²) in [7, 11) is 2.36. The summed E-state index contributed by atoms with van der Waals surface area (Å²) < 4.78 is 0. The zero-order chi connectivity index (χ0) is 12.4. The quantitative estimate of drug-likeness (QED) is 0.823. The number of likely N-dealkylation sites (N-methyl/N-ethyl adjacent to an activating group) is 1. The van der Waals surface area contributed by atoms with Gasteiger partial charge in [0.05, 0.1) is 0 Å². The molecule has 3 aliphatic rings. The number of fused-ring (bicyclic) bond motifs is 1. The molecule has 3 unspecified atom stereocenters. The minimum absolute atomic E-state index is 0.751. The molecular formula is C15H29N3. The lowest BCUT2D eigenvalue weighted by Crippen LogP contribution is -2.50. The molecule has 3 aliphatic heterocycles. The molecule has 0 spiro atoms. The van der Waals surface area contributed by atoms with Crippen LogP contribution in [0.5, 0.6) is 0 Å². The molecule has 0 aromatic carbocycles. The Morgan fingerprint density at radius 2 is 1.94 bits per heavy atom. The zero-order valence-electron chi connectivity index (χ0n) is 11.9. The van der Waals surface area contributed by atoms with Crippen LogP contribution in [0.15, 0.2) is 0 Å². The van der Waals surface area contributed by atoms with E-state index in [2.05, 4.69) is 22.2 Å². The topological polar surface area (TPSA) is 18.5 Å². The van der Waals surface area contributed by atoms with Gasteiger partial charge in [-0.1, -0.05) is 12.8 Å². The molecule has 104 valence electrons. The van der Waals surface area contributed by atoms with Crippen LogP contribution in [-0.2, 0) is 0 Å². The lowest BCUT2D eigenvalue weighted by atomic mass is 9.97. The van der Waals surface area contributed by atoms with Crippen molar-refractivity contribution >= 4 is 0 Å². The molecule has 3 atom stereocenters. The van der Waals surface area contributed by atoms with Crippen molar-refractivity contribution in [2.24, 2.45) is 0 Å². The Bertz CT molecular complexity index is 262. The molecule has 1 N–H and O–H groups in total. The number of hydrogen-bond donors (Lipinski definition) is 1. The molecule has 0 saturated carbocycles. The van der Waals surface area contributed by atoms with E-state index in [1.165, 1.54) is 71.1 Å². The number of rotatable bonds is 3. The van der Waals surface area contributed by atoms with E-state index in [0.717, 1.165) is 18.1 Å². The maximum absolute atomic E-state index is 3.69. The smallest absolute Gasteiger partial charge is 0.0261 e. The zero-order valence-corrected chi connectivity index (χ0v) is 11.9. The second kappa shape index (κ2) is 5.89. The Kier molecular flexibility index (Phi) is 4.22. The summed E-state index contributed by atoms with van der Waals surface area (Å²) in [5, 5.41) is 3.69. The molecule has 3 rings (SSSR count). The van der Waals surface area contributed by atoms with Gasteiger partial charge in [-0.2, -0.15) is 0 Å². The minimum Gasteiger partial charge on any atom is -0.313 e. The fraction of sp³-hybridized carbons (Fsp3) is 1.00. The molecule has 18 heavy (non-hydrogen) atoms. The molecule has 3 fully saturated rings. The molecule has 0 aromatic heterocycles. The Hall–Kier alpha value is -0.120. The van der Waals surface area contributed by atoms with Gasteiger partial charge >= 0.3 is 0 Å². The Labute approximate surface area is 112 Å². The minimum atomic E-state index is 0.751. The van der Waals surface area contributed by atoms with Gasteiger partial charge in [0, 0.05) is 31.2 Å². The summed E-state index contributed by atoms with van der Waals surface area (Å²) >= 11 is 0. The van der Waals surface area contributed by atoms with Crippen molar-refractivity contribution in [3.8, 4) is 0 Å². The van der Waals surface area contributed by atoms with Crippen LogP contribution in [-0.4, -0.2) is 61.2 Å². The SMILES string of the molecule is CN(CC1CCCCN1)C1CCN2CCCCC12. The molecule has 0 aromatic rings. The van der Waals surface area contributed by atoms with Crippen molar-refractivity contribution in [3.63, 3.8) is 0 Å². The van der Waals surface area contributed by atoms with Crippen molar-refractivity contribution < 1.29 is 0 Å². The molecule has 3 heterocycles. The highest BCUT2D eigenvalue weighted by molar-refractivity contribution is 4.95. The number of nitrogens with one attached hydrogen (secondary N) is 1. The van der Waals surface area contributed by atoms with Crippen LogP contribution in [0.1, 0.15) is 44.9 Å².